The Kier molecular flexibility index (Phi) is 3.44. The van der Waals surface area contributed by atoms with Crippen LogP contribution in [0, 0.1) is 5.82 Å². The van der Waals surface area contributed by atoms with Gasteiger partial charge in [0.15, 0.2) is 0 Å². The van der Waals surface area contributed by atoms with E-state index in [2.05, 4.69) is 5.32 Å². The molecule has 4 heteroatoms. The summed E-state index contributed by atoms with van der Waals surface area (Å²) in [6.45, 7) is 1.64. The van der Waals surface area contributed by atoms with E-state index in [4.69, 9.17) is 16.3 Å². The summed E-state index contributed by atoms with van der Waals surface area (Å²) in [6, 6.07) is 4.57. The number of hydrogen-bond donors (Lipinski definition) is 1. The Bertz CT molecular complexity index is 339. The second-order valence-corrected chi connectivity index (χ2v) is 4.09. The van der Waals surface area contributed by atoms with Crippen molar-refractivity contribution in [1.82, 2.24) is 5.32 Å². The Morgan fingerprint density at radius 2 is 2.40 bits per heavy atom. The fraction of sp³-hybridized carbons (Fsp3) is 0.455. The highest BCUT2D eigenvalue weighted by atomic mass is 35.5. The SMILES string of the molecule is Fc1ccc(OC[C@@H]2CCCN2)c(Cl)c1. The van der Waals surface area contributed by atoms with Crippen molar-refractivity contribution in [2.24, 2.45) is 0 Å². The topological polar surface area (TPSA) is 21.3 Å². The molecule has 15 heavy (non-hydrogen) atoms. The van der Waals surface area contributed by atoms with Gasteiger partial charge in [0, 0.05) is 6.04 Å². The Balaban J connectivity index is 1.92. The van der Waals surface area contributed by atoms with Gasteiger partial charge < -0.3 is 10.1 Å². The third-order valence-electron chi connectivity index (χ3n) is 2.50. The summed E-state index contributed by atoms with van der Waals surface area (Å²) in [5.74, 6) is 0.207. The van der Waals surface area contributed by atoms with Gasteiger partial charge >= 0.3 is 0 Å². The molecule has 0 bridgehead atoms. The standard InChI is InChI=1S/C11H13ClFNO/c12-10-6-8(13)3-4-11(10)15-7-9-2-1-5-14-9/h3-4,6,9,14H,1-2,5,7H2/t9-/m0/s1. The van der Waals surface area contributed by atoms with E-state index in [1.54, 1.807) is 6.07 Å². The molecule has 1 fully saturated rings. The summed E-state index contributed by atoms with van der Waals surface area (Å²) in [5.41, 5.74) is 0. The van der Waals surface area contributed by atoms with Crippen LogP contribution in [0.3, 0.4) is 0 Å². The summed E-state index contributed by atoms with van der Waals surface area (Å²) in [7, 11) is 0. The van der Waals surface area contributed by atoms with Gasteiger partial charge in [-0.05, 0) is 37.6 Å². The normalized spacial score (nSPS) is 20.5. The maximum Gasteiger partial charge on any atom is 0.138 e. The minimum atomic E-state index is -0.341. The summed E-state index contributed by atoms with van der Waals surface area (Å²) in [6.07, 6.45) is 2.31. The van der Waals surface area contributed by atoms with E-state index in [9.17, 15) is 4.39 Å². The minimum Gasteiger partial charge on any atom is -0.490 e. The highest BCUT2D eigenvalue weighted by Crippen LogP contribution is 2.25. The van der Waals surface area contributed by atoms with E-state index in [1.807, 2.05) is 0 Å². The van der Waals surface area contributed by atoms with Crippen molar-refractivity contribution < 1.29 is 9.13 Å². The highest BCUT2D eigenvalue weighted by molar-refractivity contribution is 6.32. The highest BCUT2D eigenvalue weighted by Gasteiger charge is 2.15. The number of rotatable bonds is 3. The van der Waals surface area contributed by atoms with Crippen LogP contribution in [0.15, 0.2) is 18.2 Å². The van der Waals surface area contributed by atoms with Crippen molar-refractivity contribution in [1.29, 1.82) is 0 Å². The monoisotopic (exact) mass is 229 g/mol. The van der Waals surface area contributed by atoms with Gasteiger partial charge in [0.2, 0.25) is 0 Å². The largest absolute Gasteiger partial charge is 0.490 e. The molecule has 0 saturated carbocycles. The Morgan fingerprint density at radius 1 is 1.53 bits per heavy atom. The first-order chi connectivity index (χ1) is 7.25. The van der Waals surface area contributed by atoms with Gasteiger partial charge in [-0.1, -0.05) is 11.6 Å². The van der Waals surface area contributed by atoms with Gasteiger partial charge in [0.05, 0.1) is 5.02 Å². The van der Waals surface area contributed by atoms with Crippen LogP contribution in [0.5, 0.6) is 5.75 Å². The molecular weight excluding hydrogens is 217 g/mol. The zero-order chi connectivity index (χ0) is 10.7. The molecule has 0 aliphatic carbocycles. The molecular formula is C11H13ClFNO. The molecule has 1 atom stereocenters. The van der Waals surface area contributed by atoms with E-state index in [0.29, 0.717) is 23.4 Å². The van der Waals surface area contributed by atoms with Crippen molar-refractivity contribution >= 4 is 11.6 Å². The van der Waals surface area contributed by atoms with E-state index in [0.717, 1.165) is 13.0 Å². The summed E-state index contributed by atoms with van der Waals surface area (Å²) >= 11 is 5.83. The molecule has 1 aromatic carbocycles. The molecule has 0 radical (unpaired) electrons. The predicted molar refractivity (Wildman–Crippen MR) is 57.9 cm³/mol. The molecule has 0 aromatic heterocycles. The Labute approximate surface area is 93.4 Å². The molecule has 2 rings (SSSR count). The fourth-order valence-corrected chi connectivity index (χ4v) is 1.90. The van der Waals surface area contributed by atoms with E-state index in [1.165, 1.54) is 18.6 Å². The van der Waals surface area contributed by atoms with E-state index >= 15 is 0 Å². The van der Waals surface area contributed by atoms with Crippen LogP contribution in [-0.4, -0.2) is 19.2 Å². The Morgan fingerprint density at radius 3 is 3.07 bits per heavy atom. The van der Waals surface area contributed by atoms with Crippen molar-refractivity contribution in [2.45, 2.75) is 18.9 Å². The number of hydrogen-bond acceptors (Lipinski definition) is 2. The molecule has 0 amide bonds. The van der Waals surface area contributed by atoms with E-state index in [-0.39, 0.29) is 5.82 Å². The average molecular weight is 230 g/mol. The second kappa shape index (κ2) is 4.81. The first kappa shape index (κ1) is 10.7. The third-order valence-corrected chi connectivity index (χ3v) is 2.79. The van der Waals surface area contributed by atoms with Crippen molar-refractivity contribution in [3.63, 3.8) is 0 Å². The third kappa shape index (κ3) is 2.83. The lowest BCUT2D eigenvalue weighted by Gasteiger charge is -2.12. The quantitative estimate of drug-likeness (QED) is 0.861. The molecule has 1 aliphatic heterocycles. The number of benzene rings is 1. The lowest BCUT2D eigenvalue weighted by Crippen LogP contribution is -2.28. The van der Waals surface area contributed by atoms with Crippen LogP contribution in [0.1, 0.15) is 12.8 Å². The fourth-order valence-electron chi connectivity index (χ4n) is 1.68. The van der Waals surface area contributed by atoms with Crippen LogP contribution in [-0.2, 0) is 0 Å². The second-order valence-electron chi connectivity index (χ2n) is 3.68. The van der Waals surface area contributed by atoms with Crippen LogP contribution < -0.4 is 10.1 Å². The number of ether oxygens (including phenoxy) is 1. The van der Waals surface area contributed by atoms with Gasteiger partial charge in [-0.15, -0.1) is 0 Å². The van der Waals surface area contributed by atoms with Crippen molar-refractivity contribution in [2.75, 3.05) is 13.2 Å². The predicted octanol–water partition coefficient (Wildman–Crippen LogP) is 2.61. The zero-order valence-corrected chi connectivity index (χ0v) is 9.06. The lowest BCUT2D eigenvalue weighted by atomic mass is 10.2. The molecule has 82 valence electrons. The molecule has 0 unspecified atom stereocenters. The Hall–Kier alpha value is -0.800. The van der Waals surface area contributed by atoms with E-state index < -0.39 is 0 Å². The molecule has 1 aromatic rings. The van der Waals surface area contributed by atoms with Crippen molar-refractivity contribution in [3.05, 3.63) is 29.0 Å². The summed E-state index contributed by atoms with van der Waals surface area (Å²) < 4.78 is 18.3. The molecule has 1 saturated heterocycles. The van der Waals surface area contributed by atoms with Gasteiger partial charge in [0.1, 0.15) is 18.2 Å². The number of nitrogens with one attached hydrogen (secondary N) is 1. The maximum absolute atomic E-state index is 12.7. The van der Waals surface area contributed by atoms with Gasteiger partial charge in [-0.3, -0.25) is 0 Å². The average Bonchev–Trinajstić information content (AvgIpc) is 2.69. The van der Waals surface area contributed by atoms with Crippen LogP contribution in [0.25, 0.3) is 0 Å². The van der Waals surface area contributed by atoms with Gasteiger partial charge in [-0.25, -0.2) is 4.39 Å². The van der Waals surface area contributed by atoms with Crippen LogP contribution in [0.4, 0.5) is 4.39 Å². The summed E-state index contributed by atoms with van der Waals surface area (Å²) in [5, 5.41) is 3.64. The zero-order valence-electron chi connectivity index (χ0n) is 8.30. The summed E-state index contributed by atoms with van der Waals surface area (Å²) in [4.78, 5) is 0. The van der Waals surface area contributed by atoms with Crippen molar-refractivity contribution in [3.8, 4) is 5.75 Å². The minimum absolute atomic E-state index is 0.327. The first-order valence-electron chi connectivity index (χ1n) is 5.07. The smallest absolute Gasteiger partial charge is 0.138 e. The molecule has 1 N–H and O–H groups in total. The number of halogens is 2. The first-order valence-corrected chi connectivity index (χ1v) is 5.45. The lowest BCUT2D eigenvalue weighted by molar-refractivity contribution is 0.277. The van der Waals surface area contributed by atoms with Crippen LogP contribution in [0.2, 0.25) is 5.02 Å². The van der Waals surface area contributed by atoms with Crippen LogP contribution >= 0.6 is 11.6 Å². The molecule has 1 aliphatic rings. The molecule has 1 heterocycles. The molecule has 2 nitrogen and oxygen atoms in total. The van der Waals surface area contributed by atoms with Gasteiger partial charge in [0.25, 0.3) is 0 Å². The van der Waals surface area contributed by atoms with Gasteiger partial charge in [-0.2, -0.15) is 0 Å². The molecule has 0 spiro atoms. The maximum atomic E-state index is 12.7.